The number of carbonyl (C=O) groups excluding carboxylic acids is 1. The monoisotopic (exact) mass is 280 g/mol. The van der Waals surface area contributed by atoms with E-state index in [2.05, 4.69) is 17.6 Å². The Morgan fingerprint density at radius 3 is 2.60 bits per heavy atom. The lowest BCUT2D eigenvalue weighted by Gasteiger charge is -2.34. The molecule has 20 heavy (non-hydrogen) atoms. The Hall–Kier alpha value is -1.98. The molecule has 0 saturated heterocycles. The summed E-state index contributed by atoms with van der Waals surface area (Å²) in [5.41, 5.74) is -0.141. The van der Waals surface area contributed by atoms with Crippen LogP contribution < -0.4 is 10.6 Å². The molecule has 0 bridgehead atoms. The van der Waals surface area contributed by atoms with Gasteiger partial charge in [-0.15, -0.1) is 0 Å². The van der Waals surface area contributed by atoms with Crippen molar-refractivity contribution in [1.82, 2.24) is 10.6 Å². The van der Waals surface area contributed by atoms with Crippen molar-refractivity contribution in [2.75, 3.05) is 0 Å². The lowest BCUT2D eigenvalue weighted by molar-refractivity contribution is 0.0660. The van der Waals surface area contributed by atoms with E-state index in [1.165, 1.54) is 12.5 Å². The van der Waals surface area contributed by atoms with Gasteiger partial charge in [0.25, 0.3) is 0 Å². The molecule has 1 saturated carbocycles. The van der Waals surface area contributed by atoms with Crippen LogP contribution in [0.1, 0.15) is 55.3 Å². The van der Waals surface area contributed by atoms with Crippen LogP contribution in [0.4, 0.5) is 4.79 Å². The van der Waals surface area contributed by atoms with E-state index in [1.807, 2.05) is 0 Å². The first kappa shape index (κ1) is 14.4. The van der Waals surface area contributed by atoms with Crippen molar-refractivity contribution >= 4 is 12.0 Å². The van der Waals surface area contributed by atoms with E-state index in [-0.39, 0.29) is 23.9 Å². The first-order chi connectivity index (χ1) is 9.48. The molecule has 2 rings (SSSR count). The number of nitrogens with one attached hydrogen (secondary N) is 2. The van der Waals surface area contributed by atoms with Gasteiger partial charge in [-0.25, -0.2) is 9.59 Å². The quantitative estimate of drug-likeness (QED) is 0.790. The number of furan rings is 1. The highest BCUT2D eigenvalue weighted by atomic mass is 16.4. The Kier molecular flexibility index (Phi) is 4.32. The molecule has 3 N–H and O–H groups in total. The first-order valence-corrected chi connectivity index (χ1v) is 6.87. The third-order valence-electron chi connectivity index (χ3n) is 3.67. The predicted molar refractivity (Wildman–Crippen MR) is 72.5 cm³/mol. The van der Waals surface area contributed by atoms with Crippen LogP contribution in [0.2, 0.25) is 0 Å². The van der Waals surface area contributed by atoms with Crippen LogP contribution in [-0.2, 0) is 6.54 Å². The Morgan fingerprint density at radius 2 is 2.00 bits per heavy atom. The van der Waals surface area contributed by atoms with Crippen molar-refractivity contribution in [1.29, 1.82) is 0 Å². The maximum absolute atomic E-state index is 11.9. The average Bonchev–Trinajstić information content (AvgIpc) is 2.85. The van der Waals surface area contributed by atoms with Gasteiger partial charge >= 0.3 is 12.0 Å². The average molecular weight is 280 g/mol. The second-order valence-corrected chi connectivity index (χ2v) is 5.50. The molecule has 1 fully saturated rings. The van der Waals surface area contributed by atoms with E-state index in [0.717, 1.165) is 25.7 Å². The Labute approximate surface area is 117 Å². The molecule has 1 aliphatic rings. The van der Waals surface area contributed by atoms with Gasteiger partial charge in [0.2, 0.25) is 5.76 Å². The number of carboxylic acid groups (broad SMARTS) is 1. The van der Waals surface area contributed by atoms with E-state index in [4.69, 9.17) is 9.52 Å². The Bertz CT molecular complexity index is 489. The Balaban J connectivity index is 1.80. The van der Waals surface area contributed by atoms with E-state index in [9.17, 15) is 9.59 Å². The second-order valence-electron chi connectivity index (χ2n) is 5.50. The van der Waals surface area contributed by atoms with Crippen molar-refractivity contribution in [2.45, 2.75) is 51.1 Å². The maximum Gasteiger partial charge on any atom is 0.371 e. The molecule has 1 aliphatic carbocycles. The van der Waals surface area contributed by atoms with Crippen molar-refractivity contribution in [3.63, 3.8) is 0 Å². The number of aromatic carboxylic acids is 1. The van der Waals surface area contributed by atoms with Gasteiger partial charge in [0.05, 0.1) is 6.54 Å². The lowest BCUT2D eigenvalue weighted by atomic mass is 9.83. The normalized spacial score (nSPS) is 17.4. The molecule has 0 aromatic carbocycles. The topological polar surface area (TPSA) is 91.6 Å². The molecular formula is C14H20N2O4. The molecule has 110 valence electrons. The van der Waals surface area contributed by atoms with Crippen LogP contribution in [-0.4, -0.2) is 22.6 Å². The number of rotatable bonds is 4. The van der Waals surface area contributed by atoms with Crippen LogP contribution in [0.25, 0.3) is 0 Å². The van der Waals surface area contributed by atoms with Crippen molar-refractivity contribution in [2.24, 2.45) is 0 Å². The first-order valence-electron chi connectivity index (χ1n) is 6.87. The number of hydrogen-bond acceptors (Lipinski definition) is 3. The summed E-state index contributed by atoms with van der Waals surface area (Å²) in [6.07, 6.45) is 5.48. The van der Waals surface area contributed by atoms with E-state index < -0.39 is 5.97 Å². The van der Waals surface area contributed by atoms with Gasteiger partial charge in [-0.1, -0.05) is 19.3 Å². The number of carbonyl (C=O) groups is 2. The minimum atomic E-state index is -1.12. The summed E-state index contributed by atoms with van der Waals surface area (Å²) in [5, 5.41) is 14.4. The highest BCUT2D eigenvalue weighted by Crippen LogP contribution is 2.27. The van der Waals surface area contributed by atoms with Crippen LogP contribution in [0.5, 0.6) is 0 Å². The summed E-state index contributed by atoms with van der Waals surface area (Å²) in [6, 6.07) is 2.67. The molecule has 0 radical (unpaired) electrons. The molecule has 2 amide bonds. The highest BCUT2D eigenvalue weighted by Gasteiger charge is 2.28. The third-order valence-corrected chi connectivity index (χ3v) is 3.67. The summed E-state index contributed by atoms with van der Waals surface area (Å²) in [7, 11) is 0. The van der Waals surface area contributed by atoms with Gasteiger partial charge < -0.3 is 20.2 Å². The fraction of sp³-hybridized carbons (Fsp3) is 0.571. The van der Waals surface area contributed by atoms with Crippen molar-refractivity contribution in [3.05, 3.63) is 23.7 Å². The zero-order chi connectivity index (χ0) is 14.6. The SMILES string of the molecule is CC1(NC(=O)NCc2ccc(C(=O)O)o2)CCCCC1. The van der Waals surface area contributed by atoms with Gasteiger partial charge in [0.15, 0.2) is 0 Å². The third kappa shape index (κ3) is 3.76. The fourth-order valence-corrected chi connectivity index (χ4v) is 2.53. The summed E-state index contributed by atoms with van der Waals surface area (Å²) in [6.45, 7) is 2.23. The number of hydrogen-bond donors (Lipinski definition) is 3. The molecule has 0 atom stereocenters. The molecule has 6 heteroatoms. The zero-order valence-corrected chi connectivity index (χ0v) is 11.6. The molecule has 0 unspecified atom stereocenters. The van der Waals surface area contributed by atoms with E-state index in [0.29, 0.717) is 5.76 Å². The fourth-order valence-electron chi connectivity index (χ4n) is 2.53. The summed E-state index contributed by atoms with van der Waals surface area (Å²) in [4.78, 5) is 22.5. The van der Waals surface area contributed by atoms with Crippen LogP contribution >= 0.6 is 0 Å². The van der Waals surface area contributed by atoms with E-state index in [1.54, 1.807) is 6.07 Å². The zero-order valence-electron chi connectivity index (χ0n) is 11.6. The highest BCUT2D eigenvalue weighted by molar-refractivity contribution is 5.84. The summed E-state index contributed by atoms with van der Waals surface area (Å²) < 4.78 is 5.07. The lowest BCUT2D eigenvalue weighted by Crippen LogP contribution is -2.50. The summed E-state index contributed by atoms with van der Waals surface area (Å²) >= 11 is 0. The number of urea groups is 1. The smallest absolute Gasteiger partial charge is 0.371 e. The van der Waals surface area contributed by atoms with Crippen LogP contribution in [0.15, 0.2) is 16.5 Å². The molecule has 0 spiro atoms. The minimum Gasteiger partial charge on any atom is -0.475 e. The van der Waals surface area contributed by atoms with Gasteiger partial charge in [-0.3, -0.25) is 0 Å². The molecule has 6 nitrogen and oxygen atoms in total. The summed E-state index contributed by atoms with van der Waals surface area (Å²) in [5.74, 6) is -0.816. The van der Waals surface area contributed by atoms with Gasteiger partial charge in [-0.05, 0) is 31.9 Å². The number of amides is 2. The van der Waals surface area contributed by atoms with Gasteiger partial charge in [0.1, 0.15) is 5.76 Å². The standard InChI is InChI=1S/C14H20N2O4/c1-14(7-3-2-4-8-14)16-13(19)15-9-10-5-6-11(20-10)12(17)18/h5-6H,2-4,7-9H2,1H3,(H,17,18)(H2,15,16,19). The Morgan fingerprint density at radius 1 is 1.30 bits per heavy atom. The molecule has 1 heterocycles. The van der Waals surface area contributed by atoms with E-state index >= 15 is 0 Å². The molecule has 1 aromatic rings. The number of carboxylic acids is 1. The van der Waals surface area contributed by atoms with Gasteiger partial charge in [-0.2, -0.15) is 0 Å². The largest absolute Gasteiger partial charge is 0.475 e. The van der Waals surface area contributed by atoms with Crippen molar-refractivity contribution < 1.29 is 19.1 Å². The minimum absolute atomic E-state index is 0.124. The van der Waals surface area contributed by atoms with Crippen LogP contribution in [0, 0.1) is 0 Å². The second kappa shape index (κ2) is 5.98. The molecular weight excluding hydrogens is 260 g/mol. The molecule has 0 aliphatic heterocycles. The van der Waals surface area contributed by atoms with Crippen molar-refractivity contribution in [3.8, 4) is 0 Å². The maximum atomic E-state index is 11.9. The van der Waals surface area contributed by atoms with Crippen LogP contribution in [0.3, 0.4) is 0 Å². The van der Waals surface area contributed by atoms with Gasteiger partial charge in [0, 0.05) is 5.54 Å². The predicted octanol–water partition coefficient (Wildman–Crippen LogP) is 2.50. The molecule has 1 aromatic heterocycles.